The predicted octanol–water partition coefficient (Wildman–Crippen LogP) is 3.53. The minimum absolute atomic E-state index is 0.0155. The van der Waals surface area contributed by atoms with Gasteiger partial charge in [-0.15, -0.1) is 11.3 Å². The maximum absolute atomic E-state index is 12.5. The Labute approximate surface area is 128 Å². The molecule has 118 valence electrons. The number of thiazole rings is 1. The summed E-state index contributed by atoms with van der Waals surface area (Å²) in [4.78, 5) is 20.8. The summed E-state index contributed by atoms with van der Waals surface area (Å²) >= 11 is 0.862. The second-order valence-electron chi connectivity index (χ2n) is 4.57. The number of urea groups is 1. The second-order valence-corrected chi connectivity index (χ2v) is 5.52. The molecule has 22 heavy (non-hydrogen) atoms. The number of anilines is 1. The van der Waals surface area contributed by atoms with Crippen molar-refractivity contribution in [2.24, 2.45) is 0 Å². The lowest BCUT2D eigenvalue weighted by molar-refractivity contribution is -0.140. The van der Waals surface area contributed by atoms with E-state index in [2.05, 4.69) is 15.3 Å². The molecular formula is C13H13F3N4OS. The molecule has 0 bridgehead atoms. The molecule has 1 N–H and O–H groups in total. The number of pyridine rings is 1. The van der Waals surface area contributed by atoms with Gasteiger partial charge in [0.1, 0.15) is 10.8 Å². The van der Waals surface area contributed by atoms with Gasteiger partial charge in [0, 0.05) is 18.1 Å². The van der Waals surface area contributed by atoms with Crippen molar-refractivity contribution in [1.82, 2.24) is 14.9 Å². The molecule has 0 aliphatic rings. The van der Waals surface area contributed by atoms with Crippen molar-refractivity contribution in [2.45, 2.75) is 19.6 Å². The molecule has 0 saturated carbocycles. The minimum Gasteiger partial charge on any atom is -0.321 e. The van der Waals surface area contributed by atoms with E-state index >= 15 is 0 Å². The van der Waals surface area contributed by atoms with Gasteiger partial charge in [0.15, 0.2) is 5.69 Å². The van der Waals surface area contributed by atoms with Crippen LogP contribution in [0.25, 0.3) is 0 Å². The van der Waals surface area contributed by atoms with Crippen molar-refractivity contribution in [3.63, 3.8) is 0 Å². The van der Waals surface area contributed by atoms with Crippen LogP contribution < -0.4 is 5.32 Å². The lowest BCUT2D eigenvalue weighted by Crippen LogP contribution is -2.31. The van der Waals surface area contributed by atoms with Crippen LogP contribution in [0.4, 0.5) is 23.8 Å². The highest BCUT2D eigenvalue weighted by Gasteiger charge is 2.33. The van der Waals surface area contributed by atoms with Crippen molar-refractivity contribution in [3.8, 4) is 0 Å². The van der Waals surface area contributed by atoms with Gasteiger partial charge in [-0.3, -0.25) is 5.32 Å². The molecule has 0 aliphatic carbocycles. The Morgan fingerprint density at radius 3 is 2.68 bits per heavy atom. The summed E-state index contributed by atoms with van der Waals surface area (Å²) < 4.78 is 37.4. The van der Waals surface area contributed by atoms with E-state index in [9.17, 15) is 18.0 Å². The number of hydrogen-bond donors (Lipinski definition) is 1. The summed E-state index contributed by atoms with van der Waals surface area (Å²) in [6.45, 7) is 1.77. The van der Waals surface area contributed by atoms with Crippen LogP contribution in [0.5, 0.6) is 0 Å². The Balaban J connectivity index is 1.98. The van der Waals surface area contributed by atoms with Crippen LogP contribution in [-0.2, 0) is 12.7 Å². The fourth-order valence-electron chi connectivity index (χ4n) is 1.61. The molecule has 0 aromatic carbocycles. The summed E-state index contributed by atoms with van der Waals surface area (Å²) in [6, 6.07) is 4.69. The summed E-state index contributed by atoms with van der Waals surface area (Å²) in [5.74, 6) is 0.381. The summed E-state index contributed by atoms with van der Waals surface area (Å²) in [5.41, 5.74) is -0.197. The fourth-order valence-corrected chi connectivity index (χ4v) is 2.46. The Kier molecular flexibility index (Phi) is 4.65. The zero-order chi connectivity index (χ0) is 16.3. The number of carbonyl (C=O) groups is 1. The molecule has 9 heteroatoms. The molecule has 0 unspecified atom stereocenters. The first-order chi connectivity index (χ1) is 10.3. The van der Waals surface area contributed by atoms with Crippen molar-refractivity contribution in [3.05, 3.63) is 40.0 Å². The number of aryl methyl sites for hydroxylation is 1. The van der Waals surface area contributed by atoms with Crippen LogP contribution >= 0.6 is 11.3 Å². The van der Waals surface area contributed by atoms with Crippen LogP contribution in [0.3, 0.4) is 0 Å². The summed E-state index contributed by atoms with van der Waals surface area (Å²) in [5, 5.41) is 3.71. The van der Waals surface area contributed by atoms with Crippen LogP contribution in [-0.4, -0.2) is 27.9 Å². The minimum atomic E-state index is -4.47. The van der Waals surface area contributed by atoms with Gasteiger partial charge >= 0.3 is 12.2 Å². The number of halogens is 3. The summed E-state index contributed by atoms with van der Waals surface area (Å²) in [6.07, 6.45) is -4.47. The lowest BCUT2D eigenvalue weighted by Gasteiger charge is -2.16. The van der Waals surface area contributed by atoms with Gasteiger partial charge in [-0.1, -0.05) is 6.07 Å². The molecule has 0 aliphatic heterocycles. The number of nitrogens with one attached hydrogen (secondary N) is 1. The molecule has 0 radical (unpaired) electrons. The van der Waals surface area contributed by atoms with E-state index in [-0.39, 0.29) is 11.6 Å². The Morgan fingerprint density at radius 1 is 1.36 bits per heavy atom. The van der Waals surface area contributed by atoms with Gasteiger partial charge in [-0.25, -0.2) is 14.8 Å². The Hall–Kier alpha value is -2.16. The molecule has 2 aromatic rings. The SMILES string of the molecule is Cc1cccc(NC(=O)N(C)Cc2nc(C(F)(F)F)cs2)n1. The maximum atomic E-state index is 12.5. The molecule has 0 fully saturated rings. The number of hydrogen-bond acceptors (Lipinski definition) is 4. The van der Waals surface area contributed by atoms with Crippen molar-refractivity contribution >= 4 is 23.2 Å². The molecule has 0 spiro atoms. The van der Waals surface area contributed by atoms with Crippen LogP contribution in [0, 0.1) is 6.92 Å². The van der Waals surface area contributed by atoms with Crippen molar-refractivity contribution in [1.29, 1.82) is 0 Å². The number of alkyl halides is 3. The van der Waals surface area contributed by atoms with Gasteiger partial charge in [-0.2, -0.15) is 13.2 Å². The van der Waals surface area contributed by atoms with Crippen LogP contribution in [0.15, 0.2) is 23.6 Å². The first-order valence-corrected chi connectivity index (χ1v) is 7.11. The second kappa shape index (κ2) is 6.30. The smallest absolute Gasteiger partial charge is 0.321 e. The van der Waals surface area contributed by atoms with Gasteiger partial charge in [0.05, 0.1) is 6.54 Å². The lowest BCUT2D eigenvalue weighted by atomic mass is 10.4. The molecule has 2 rings (SSSR count). The highest BCUT2D eigenvalue weighted by Crippen LogP contribution is 2.30. The highest BCUT2D eigenvalue weighted by atomic mass is 32.1. The van der Waals surface area contributed by atoms with E-state index in [0.29, 0.717) is 5.82 Å². The number of nitrogens with zero attached hydrogens (tertiary/aromatic N) is 3. The molecule has 0 saturated heterocycles. The molecule has 0 atom stereocenters. The third-order valence-corrected chi connectivity index (χ3v) is 3.52. The zero-order valence-electron chi connectivity index (χ0n) is 11.8. The first-order valence-electron chi connectivity index (χ1n) is 6.23. The average molecular weight is 330 g/mol. The third kappa shape index (κ3) is 4.17. The van der Waals surface area contributed by atoms with Crippen molar-refractivity contribution < 1.29 is 18.0 Å². The Bertz CT molecular complexity index is 671. The van der Waals surface area contributed by atoms with E-state index in [1.165, 1.54) is 11.9 Å². The van der Waals surface area contributed by atoms with E-state index in [1.54, 1.807) is 25.1 Å². The fraction of sp³-hybridized carbons (Fsp3) is 0.308. The van der Waals surface area contributed by atoms with Crippen LogP contribution in [0.1, 0.15) is 16.4 Å². The topological polar surface area (TPSA) is 58.1 Å². The molecule has 5 nitrogen and oxygen atoms in total. The van der Waals surface area contributed by atoms with Gasteiger partial charge < -0.3 is 4.90 Å². The third-order valence-electron chi connectivity index (χ3n) is 2.68. The Morgan fingerprint density at radius 2 is 2.09 bits per heavy atom. The van der Waals surface area contributed by atoms with Crippen LogP contribution in [0.2, 0.25) is 0 Å². The largest absolute Gasteiger partial charge is 0.434 e. The number of carbonyl (C=O) groups excluding carboxylic acids is 1. The summed E-state index contributed by atoms with van der Waals surface area (Å²) in [7, 11) is 1.47. The number of rotatable bonds is 3. The molecule has 2 heterocycles. The molecule has 2 amide bonds. The molecule has 2 aromatic heterocycles. The quantitative estimate of drug-likeness (QED) is 0.936. The van der Waals surface area contributed by atoms with E-state index in [1.807, 2.05) is 0 Å². The van der Waals surface area contributed by atoms with E-state index < -0.39 is 17.9 Å². The first kappa shape index (κ1) is 16.2. The van der Waals surface area contributed by atoms with Gasteiger partial charge in [0.25, 0.3) is 0 Å². The number of aromatic nitrogens is 2. The van der Waals surface area contributed by atoms with Crippen molar-refractivity contribution in [2.75, 3.05) is 12.4 Å². The zero-order valence-corrected chi connectivity index (χ0v) is 12.6. The van der Waals surface area contributed by atoms with Gasteiger partial charge in [-0.05, 0) is 19.1 Å². The van der Waals surface area contributed by atoms with Gasteiger partial charge in [0.2, 0.25) is 0 Å². The number of amides is 2. The van der Waals surface area contributed by atoms with E-state index in [0.717, 1.165) is 22.4 Å². The molecular weight excluding hydrogens is 317 g/mol. The maximum Gasteiger partial charge on any atom is 0.434 e. The predicted molar refractivity (Wildman–Crippen MR) is 76.6 cm³/mol. The highest BCUT2D eigenvalue weighted by molar-refractivity contribution is 7.09. The normalized spacial score (nSPS) is 11.3. The monoisotopic (exact) mass is 330 g/mol. The average Bonchev–Trinajstić information content (AvgIpc) is 2.87. The standard InChI is InChI=1S/C13H13F3N4OS/c1-8-4-3-5-10(17-8)19-12(21)20(2)6-11-18-9(7-22-11)13(14,15)16/h3-5,7H,6H2,1-2H3,(H,17,19,21). The van der Waals surface area contributed by atoms with E-state index in [4.69, 9.17) is 0 Å².